The molecule has 2 nitrogen and oxygen atoms in total. The maximum absolute atomic E-state index is 8.95. The summed E-state index contributed by atoms with van der Waals surface area (Å²) in [5.41, 5.74) is 1.96. The zero-order valence-electron chi connectivity index (χ0n) is 11.3. The van der Waals surface area contributed by atoms with E-state index in [9.17, 15) is 0 Å². The zero-order chi connectivity index (χ0) is 14.0. The molecule has 0 aliphatic heterocycles. The lowest BCUT2D eigenvalue weighted by Gasteiger charge is -2.07. The van der Waals surface area contributed by atoms with E-state index in [2.05, 4.69) is 30.3 Å². The van der Waals surface area contributed by atoms with Crippen LogP contribution in [0.25, 0.3) is 0 Å². The SMILES string of the molecule is N#Cc1ccccc1OCCCSCc1ccccc1. The Kier molecular flexibility index (Phi) is 6.01. The molecule has 0 bridgehead atoms. The second-order valence-corrected chi connectivity index (χ2v) is 5.45. The Morgan fingerprint density at radius 1 is 1.00 bits per heavy atom. The topological polar surface area (TPSA) is 33.0 Å². The van der Waals surface area contributed by atoms with Gasteiger partial charge in [-0.05, 0) is 29.9 Å². The highest BCUT2D eigenvalue weighted by Gasteiger charge is 2.01. The van der Waals surface area contributed by atoms with Crippen molar-refractivity contribution < 1.29 is 4.74 Å². The van der Waals surface area contributed by atoms with Crippen LogP contribution < -0.4 is 4.74 Å². The number of nitriles is 1. The maximum atomic E-state index is 8.95. The van der Waals surface area contributed by atoms with Crippen molar-refractivity contribution in [2.75, 3.05) is 12.4 Å². The third kappa shape index (κ3) is 4.64. The molecular formula is C17H17NOS. The van der Waals surface area contributed by atoms with E-state index < -0.39 is 0 Å². The molecule has 0 heterocycles. The summed E-state index contributed by atoms with van der Waals surface area (Å²) >= 11 is 1.91. The van der Waals surface area contributed by atoms with Crippen LogP contribution in [0, 0.1) is 11.3 Å². The molecule has 0 atom stereocenters. The zero-order valence-corrected chi connectivity index (χ0v) is 12.1. The Hall–Kier alpha value is -1.92. The van der Waals surface area contributed by atoms with E-state index in [1.807, 2.05) is 36.0 Å². The molecule has 20 heavy (non-hydrogen) atoms. The van der Waals surface area contributed by atoms with Gasteiger partial charge in [0.15, 0.2) is 0 Å². The summed E-state index contributed by atoms with van der Waals surface area (Å²) in [4.78, 5) is 0. The fraction of sp³-hybridized carbons (Fsp3) is 0.235. The summed E-state index contributed by atoms with van der Waals surface area (Å²) in [5, 5.41) is 8.95. The highest BCUT2D eigenvalue weighted by molar-refractivity contribution is 7.98. The number of ether oxygens (including phenoxy) is 1. The van der Waals surface area contributed by atoms with Crippen LogP contribution in [-0.2, 0) is 5.75 Å². The molecule has 0 saturated heterocycles. The first kappa shape index (κ1) is 14.5. The normalized spacial score (nSPS) is 9.95. The first-order chi connectivity index (χ1) is 9.90. The van der Waals surface area contributed by atoms with Crippen molar-refractivity contribution in [1.82, 2.24) is 0 Å². The predicted molar refractivity (Wildman–Crippen MR) is 83.9 cm³/mol. The van der Waals surface area contributed by atoms with Crippen molar-refractivity contribution in [3.63, 3.8) is 0 Å². The van der Waals surface area contributed by atoms with Gasteiger partial charge in [0.25, 0.3) is 0 Å². The third-order valence-corrected chi connectivity index (χ3v) is 3.92. The third-order valence-electron chi connectivity index (χ3n) is 2.81. The van der Waals surface area contributed by atoms with Crippen LogP contribution in [-0.4, -0.2) is 12.4 Å². The van der Waals surface area contributed by atoms with E-state index in [1.54, 1.807) is 6.07 Å². The van der Waals surface area contributed by atoms with Gasteiger partial charge < -0.3 is 4.74 Å². The molecule has 2 rings (SSSR count). The summed E-state index contributed by atoms with van der Waals surface area (Å²) in [5.74, 6) is 2.78. The summed E-state index contributed by atoms with van der Waals surface area (Å²) < 4.78 is 5.64. The molecule has 102 valence electrons. The molecule has 0 radical (unpaired) electrons. The van der Waals surface area contributed by atoms with Crippen LogP contribution in [0.3, 0.4) is 0 Å². The molecular weight excluding hydrogens is 266 g/mol. The van der Waals surface area contributed by atoms with Crippen LogP contribution in [0.1, 0.15) is 17.5 Å². The van der Waals surface area contributed by atoms with Gasteiger partial charge in [-0.3, -0.25) is 0 Å². The van der Waals surface area contributed by atoms with Gasteiger partial charge in [-0.25, -0.2) is 0 Å². The second-order valence-electron chi connectivity index (χ2n) is 4.35. The number of para-hydroxylation sites is 1. The summed E-state index contributed by atoms with van der Waals surface area (Å²) in [6, 6.07) is 20.0. The second kappa shape index (κ2) is 8.29. The van der Waals surface area contributed by atoms with Crippen LogP contribution in [0.15, 0.2) is 54.6 Å². The van der Waals surface area contributed by atoms with Gasteiger partial charge in [0.05, 0.1) is 12.2 Å². The van der Waals surface area contributed by atoms with E-state index in [0.29, 0.717) is 17.9 Å². The quantitative estimate of drug-likeness (QED) is 0.712. The van der Waals surface area contributed by atoms with Gasteiger partial charge in [0.2, 0.25) is 0 Å². The summed E-state index contributed by atoms with van der Waals surface area (Å²) in [6.07, 6.45) is 0.983. The van der Waals surface area contributed by atoms with Gasteiger partial charge in [-0.15, -0.1) is 0 Å². The van der Waals surface area contributed by atoms with Crippen LogP contribution in [0.5, 0.6) is 5.75 Å². The lowest BCUT2D eigenvalue weighted by molar-refractivity contribution is 0.318. The molecule has 2 aromatic rings. The minimum absolute atomic E-state index is 0.601. The van der Waals surface area contributed by atoms with Crippen molar-refractivity contribution in [2.24, 2.45) is 0 Å². The number of rotatable bonds is 7. The highest BCUT2D eigenvalue weighted by atomic mass is 32.2. The van der Waals surface area contributed by atoms with E-state index in [1.165, 1.54) is 5.56 Å². The van der Waals surface area contributed by atoms with Gasteiger partial charge in [-0.2, -0.15) is 17.0 Å². The van der Waals surface area contributed by atoms with Gasteiger partial charge >= 0.3 is 0 Å². The predicted octanol–water partition coefficient (Wildman–Crippen LogP) is 4.26. The van der Waals surface area contributed by atoms with Crippen LogP contribution in [0.2, 0.25) is 0 Å². The van der Waals surface area contributed by atoms with Crippen LogP contribution in [0.4, 0.5) is 0 Å². The fourth-order valence-electron chi connectivity index (χ4n) is 1.79. The largest absolute Gasteiger partial charge is 0.492 e. The fourth-order valence-corrected chi connectivity index (χ4v) is 2.69. The minimum atomic E-state index is 0.601. The van der Waals surface area contributed by atoms with E-state index in [4.69, 9.17) is 10.00 Å². The number of hydrogen-bond donors (Lipinski definition) is 0. The molecule has 2 aromatic carbocycles. The Balaban J connectivity index is 1.64. The van der Waals surface area contributed by atoms with Gasteiger partial charge in [0.1, 0.15) is 11.8 Å². The average Bonchev–Trinajstić information content (AvgIpc) is 2.52. The maximum Gasteiger partial charge on any atom is 0.137 e. The Labute approximate surface area is 124 Å². The molecule has 0 N–H and O–H groups in total. The van der Waals surface area contributed by atoms with Crippen molar-refractivity contribution in [3.05, 3.63) is 65.7 Å². The molecule has 0 saturated carbocycles. The first-order valence-electron chi connectivity index (χ1n) is 6.64. The summed E-state index contributed by atoms with van der Waals surface area (Å²) in [7, 11) is 0. The number of nitrogens with zero attached hydrogens (tertiary/aromatic N) is 1. The van der Waals surface area contributed by atoms with E-state index in [0.717, 1.165) is 17.9 Å². The number of hydrogen-bond acceptors (Lipinski definition) is 3. The Morgan fingerprint density at radius 2 is 1.75 bits per heavy atom. The Morgan fingerprint density at radius 3 is 2.55 bits per heavy atom. The molecule has 0 amide bonds. The van der Waals surface area contributed by atoms with Crippen LogP contribution >= 0.6 is 11.8 Å². The highest BCUT2D eigenvalue weighted by Crippen LogP contribution is 2.17. The smallest absolute Gasteiger partial charge is 0.137 e. The van der Waals surface area contributed by atoms with Gasteiger partial charge in [0, 0.05) is 5.75 Å². The Bertz CT molecular complexity index is 563. The van der Waals surface area contributed by atoms with E-state index in [-0.39, 0.29) is 0 Å². The number of thioether (sulfide) groups is 1. The van der Waals surface area contributed by atoms with Crippen molar-refractivity contribution in [2.45, 2.75) is 12.2 Å². The van der Waals surface area contributed by atoms with E-state index >= 15 is 0 Å². The average molecular weight is 283 g/mol. The van der Waals surface area contributed by atoms with Gasteiger partial charge in [-0.1, -0.05) is 42.5 Å². The lowest BCUT2D eigenvalue weighted by Crippen LogP contribution is -2.00. The van der Waals surface area contributed by atoms with Crippen molar-refractivity contribution in [3.8, 4) is 11.8 Å². The molecule has 0 fully saturated rings. The molecule has 0 unspecified atom stereocenters. The molecule has 0 aromatic heterocycles. The lowest BCUT2D eigenvalue weighted by atomic mass is 10.2. The molecule has 0 aliphatic rings. The number of benzene rings is 2. The monoisotopic (exact) mass is 283 g/mol. The van der Waals surface area contributed by atoms with Crippen molar-refractivity contribution in [1.29, 1.82) is 5.26 Å². The standard InChI is InChI=1S/C17H17NOS/c18-13-16-9-4-5-10-17(16)19-11-6-12-20-14-15-7-2-1-3-8-15/h1-5,7-10H,6,11-12,14H2. The first-order valence-corrected chi connectivity index (χ1v) is 7.79. The molecule has 3 heteroatoms. The minimum Gasteiger partial charge on any atom is -0.492 e. The molecule has 0 aliphatic carbocycles. The molecule has 0 spiro atoms. The summed E-state index contributed by atoms with van der Waals surface area (Å²) in [6.45, 7) is 0.653. The van der Waals surface area contributed by atoms with Crippen molar-refractivity contribution >= 4 is 11.8 Å².